The van der Waals surface area contributed by atoms with Crippen LogP contribution in [0.3, 0.4) is 0 Å². The van der Waals surface area contributed by atoms with E-state index in [0.717, 1.165) is 22.1 Å². The Morgan fingerprint density at radius 1 is 0.765 bits per heavy atom. The van der Waals surface area contributed by atoms with Gasteiger partial charge in [0.1, 0.15) is 0 Å². The molecule has 0 saturated carbocycles. The van der Waals surface area contributed by atoms with Crippen LogP contribution in [0.4, 0.5) is 0 Å². The molecule has 4 rings (SSSR count). The molecule has 2 nitrogen and oxygen atoms in total. The summed E-state index contributed by atoms with van der Waals surface area (Å²) in [7, 11) is 0. The highest BCUT2D eigenvalue weighted by Crippen LogP contribution is 2.28. The van der Waals surface area contributed by atoms with Gasteiger partial charge in [0.2, 0.25) is 0 Å². The van der Waals surface area contributed by atoms with Crippen LogP contribution >= 0.6 is 11.3 Å². The molecule has 0 aliphatic carbocycles. The first kappa shape index (κ1) is 9.07. The van der Waals surface area contributed by atoms with Crippen LogP contribution in [0.5, 0.6) is 0 Å². The third kappa shape index (κ3) is 1.26. The van der Waals surface area contributed by atoms with E-state index in [1.165, 1.54) is 10.1 Å². The average molecular weight is 236 g/mol. The van der Waals surface area contributed by atoms with Crippen molar-refractivity contribution in [3.05, 3.63) is 47.8 Å². The first-order valence-corrected chi connectivity index (χ1v) is 6.32. The van der Waals surface area contributed by atoms with E-state index in [1.54, 1.807) is 11.3 Å². The molecule has 0 bridgehead atoms. The third-order valence-corrected chi connectivity index (χ3v) is 3.82. The summed E-state index contributed by atoms with van der Waals surface area (Å²) in [6.45, 7) is 0. The van der Waals surface area contributed by atoms with Crippen LogP contribution in [0.15, 0.2) is 47.8 Å². The Morgan fingerprint density at radius 3 is 2.47 bits per heavy atom. The molecule has 17 heavy (non-hydrogen) atoms. The SMILES string of the molecule is c1ccc2nc3c(ccc4sccc43)nc2c1. The Kier molecular flexibility index (Phi) is 1.73. The second-order valence-electron chi connectivity index (χ2n) is 3.98. The molecule has 0 amide bonds. The van der Waals surface area contributed by atoms with Crippen LogP contribution in [-0.4, -0.2) is 9.97 Å². The zero-order valence-corrected chi connectivity index (χ0v) is 9.74. The predicted octanol–water partition coefficient (Wildman–Crippen LogP) is 4.00. The molecular formula is C14H8N2S. The fourth-order valence-electron chi connectivity index (χ4n) is 2.13. The Balaban J connectivity index is 2.29. The fourth-order valence-corrected chi connectivity index (χ4v) is 2.92. The molecule has 0 unspecified atom stereocenters. The van der Waals surface area contributed by atoms with Gasteiger partial charge in [-0.1, -0.05) is 12.1 Å². The highest BCUT2D eigenvalue weighted by atomic mass is 32.1. The molecule has 3 heteroatoms. The Morgan fingerprint density at radius 2 is 1.59 bits per heavy atom. The summed E-state index contributed by atoms with van der Waals surface area (Å²) in [5.74, 6) is 0. The summed E-state index contributed by atoms with van der Waals surface area (Å²) in [5.41, 5.74) is 3.88. The van der Waals surface area contributed by atoms with Gasteiger partial charge in [0, 0.05) is 10.1 Å². The van der Waals surface area contributed by atoms with E-state index in [-0.39, 0.29) is 0 Å². The second-order valence-corrected chi connectivity index (χ2v) is 4.93. The molecule has 0 radical (unpaired) electrons. The monoisotopic (exact) mass is 236 g/mol. The first-order valence-electron chi connectivity index (χ1n) is 5.44. The lowest BCUT2D eigenvalue weighted by molar-refractivity contribution is 1.41. The molecule has 0 saturated heterocycles. The lowest BCUT2D eigenvalue weighted by Gasteiger charge is -2.01. The van der Waals surface area contributed by atoms with Crippen molar-refractivity contribution in [3.63, 3.8) is 0 Å². The van der Waals surface area contributed by atoms with Gasteiger partial charge in [-0.15, -0.1) is 11.3 Å². The van der Waals surface area contributed by atoms with Crippen molar-refractivity contribution in [2.75, 3.05) is 0 Å². The van der Waals surface area contributed by atoms with Crippen molar-refractivity contribution in [1.29, 1.82) is 0 Å². The molecular weight excluding hydrogens is 228 g/mol. The number of aromatic nitrogens is 2. The van der Waals surface area contributed by atoms with Crippen LogP contribution in [0.1, 0.15) is 0 Å². The summed E-state index contributed by atoms with van der Waals surface area (Å²) in [6.07, 6.45) is 0. The molecule has 2 aromatic carbocycles. The summed E-state index contributed by atoms with van der Waals surface area (Å²) in [4.78, 5) is 9.37. The maximum absolute atomic E-state index is 4.72. The van der Waals surface area contributed by atoms with Crippen molar-refractivity contribution in [2.45, 2.75) is 0 Å². The quantitative estimate of drug-likeness (QED) is 0.431. The van der Waals surface area contributed by atoms with E-state index in [9.17, 15) is 0 Å². The number of benzene rings is 2. The Labute approximate surface area is 102 Å². The molecule has 2 heterocycles. The zero-order chi connectivity index (χ0) is 11.2. The summed E-state index contributed by atoms with van der Waals surface area (Å²) < 4.78 is 1.27. The molecule has 0 atom stereocenters. The normalized spacial score (nSPS) is 11.5. The number of nitrogens with zero attached hydrogens (tertiary/aromatic N) is 2. The molecule has 0 spiro atoms. The van der Waals surface area contributed by atoms with Crippen molar-refractivity contribution in [1.82, 2.24) is 9.97 Å². The number of thiophene rings is 1. The fraction of sp³-hybridized carbons (Fsp3) is 0. The van der Waals surface area contributed by atoms with Gasteiger partial charge >= 0.3 is 0 Å². The topological polar surface area (TPSA) is 25.8 Å². The van der Waals surface area contributed by atoms with E-state index < -0.39 is 0 Å². The molecule has 0 aliphatic heterocycles. The third-order valence-electron chi connectivity index (χ3n) is 2.94. The van der Waals surface area contributed by atoms with Gasteiger partial charge in [-0.05, 0) is 35.7 Å². The summed E-state index contributed by atoms with van der Waals surface area (Å²) >= 11 is 1.74. The highest BCUT2D eigenvalue weighted by Gasteiger charge is 2.05. The minimum Gasteiger partial charge on any atom is -0.244 e. The summed E-state index contributed by atoms with van der Waals surface area (Å²) in [5, 5.41) is 3.30. The van der Waals surface area contributed by atoms with Gasteiger partial charge in [-0.3, -0.25) is 0 Å². The van der Waals surface area contributed by atoms with Crippen LogP contribution in [-0.2, 0) is 0 Å². The van der Waals surface area contributed by atoms with Gasteiger partial charge < -0.3 is 0 Å². The molecule has 0 fully saturated rings. The largest absolute Gasteiger partial charge is 0.244 e. The second kappa shape index (κ2) is 3.25. The molecule has 2 aromatic heterocycles. The molecule has 80 valence electrons. The van der Waals surface area contributed by atoms with Gasteiger partial charge in [-0.2, -0.15) is 0 Å². The van der Waals surface area contributed by atoms with E-state index in [0.29, 0.717) is 0 Å². The van der Waals surface area contributed by atoms with Crippen molar-refractivity contribution < 1.29 is 0 Å². The van der Waals surface area contributed by atoms with Gasteiger partial charge in [0.05, 0.1) is 22.1 Å². The number of para-hydroxylation sites is 2. The van der Waals surface area contributed by atoms with Crippen molar-refractivity contribution >= 4 is 43.5 Å². The van der Waals surface area contributed by atoms with E-state index in [2.05, 4.69) is 22.5 Å². The number of rotatable bonds is 0. The van der Waals surface area contributed by atoms with E-state index in [4.69, 9.17) is 4.98 Å². The smallest absolute Gasteiger partial charge is 0.0981 e. The predicted molar refractivity (Wildman–Crippen MR) is 72.4 cm³/mol. The highest BCUT2D eigenvalue weighted by molar-refractivity contribution is 7.17. The van der Waals surface area contributed by atoms with Gasteiger partial charge in [0.15, 0.2) is 0 Å². The number of hydrogen-bond acceptors (Lipinski definition) is 3. The molecule has 4 aromatic rings. The van der Waals surface area contributed by atoms with E-state index >= 15 is 0 Å². The molecule has 0 N–H and O–H groups in total. The molecule has 0 aliphatic rings. The van der Waals surface area contributed by atoms with Gasteiger partial charge in [0.25, 0.3) is 0 Å². The lowest BCUT2D eigenvalue weighted by Crippen LogP contribution is -1.86. The Hall–Kier alpha value is -2.00. The van der Waals surface area contributed by atoms with Crippen molar-refractivity contribution in [3.8, 4) is 0 Å². The minimum absolute atomic E-state index is 0.953. The standard InChI is InChI=1S/C14H8N2S/c1-2-4-11-10(3-1)15-12-5-6-13-9(7-8-17-13)14(12)16-11/h1-8H. The number of hydrogen-bond donors (Lipinski definition) is 0. The average Bonchev–Trinajstić information content (AvgIpc) is 2.85. The van der Waals surface area contributed by atoms with Crippen LogP contribution in [0.2, 0.25) is 0 Å². The zero-order valence-electron chi connectivity index (χ0n) is 8.92. The Bertz CT molecular complexity index is 848. The maximum Gasteiger partial charge on any atom is 0.0981 e. The van der Waals surface area contributed by atoms with Crippen LogP contribution in [0.25, 0.3) is 32.2 Å². The maximum atomic E-state index is 4.72. The minimum atomic E-state index is 0.953. The van der Waals surface area contributed by atoms with Crippen molar-refractivity contribution in [2.24, 2.45) is 0 Å². The van der Waals surface area contributed by atoms with Crippen LogP contribution in [0, 0.1) is 0 Å². The number of fused-ring (bicyclic) bond motifs is 4. The first-order chi connectivity index (χ1) is 8.42. The summed E-state index contributed by atoms with van der Waals surface area (Å²) in [6, 6.07) is 14.3. The van der Waals surface area contributed by atoms with Crippen LogP contribution < -0.4 is 0 Å². The lowest BCUT2D eigenvalue weighted by atomic mass is 10.2. The van der Waals surface area contributed by atoms with Gasteiger partial charge in [-0.25, -0.2) is 9.97 Å². The van der Waals surface area contributed by atoms with E-state index in [1.807, 2.05) is 30.3 Å².